The van der Waals surface area contributed by atoms with E-state index in [9.17, 15) is 0 Å². The van der Waals surface area contributed by atoms with Crippen molar-refractivity contribution in [1.82, 2.24) is 9.97 Å². The summed E-state index contributed by atoms with van der Waals surface area (Å²) in [5.74, 6) is 1.92. The van der Waals surface area contributed by atoms with Gasteiger partial charge in [0.1, 0.15) is 6.17 Å². The molecular weight excluding hydrogens is 368 g/mol. The summed E-state index contributed by atoms with van der Waals surface area (Å²) in [7, 11) is 0. The van der Waals surface area contributed by atoms with Gasteiger partial charge in [0.05, 0.1) is 11.4 Å². The molecule has 0 unspecified atom stereocenters. The minimum Gasteiger partial charge on any atom is -0.302 e. The smallest absolute Gasteiger partial charge is 0.178 e. The number of anilines is 4. The maximum absolute atomic E-state index is 5.35. The number of benzene rings is 2. The number of para-hydroxylation sites is 2. The summed E-state index contributed by atoms with van der Waals surface area (Å²) in [4.78, 5) is 15.3. The number of hydrogen-bond donors (Lipinski definition) is 0. The van der Waals surface area contributed by atoms with Crippen LogP contribution in [0.2, 0.25) is 0 Å². The second-order valence-electron chi connectivity index (χ2n) is 9.88. The molecule has 4 heteroatoms. The van der Waals surface area contributed by atoms with Crippen LogP contribution in [0, 0.1) is 0 Å². The van der Waals surface area contributed by atoms with Crippen LogP contribution >= 0.6 is 0 Å². The second kappa shape index (κ2) is 6.56. The van der Waals surface area contributed by atoms with Crippen molar-refractivity contribution in [1.29, 1.82) is 0 Å². The van der Waals surface area contributed by atoms with Crippen LogP contribution in [0.4, 0.5) is 23.0 Å². The summed E-state index contributed by atoms with van der Waals surface area (Å²) < 4.78 is 0. The zero-order valence-electron chi connectivity index (χ0n) is 18.6. The number of fused-ring (bicyclic) bond motifs is 2. The molecule has 1 aromatic heterocycles. The summed E-state index contributed by atoms with van der Waals surface area (Å²) in [5, 5.41) is 0. The van der Waals surface area contributed by atoms with E-state index in [1.165, 1.54) is 0 Å². The van der Waals surface area contributed by atoms with Crippen molar-refractivity contribution in [3.05, 3.63) is 72.1 Å². The Bertz CT molecular complexity index is 986. The Labute approximate surface area is 179 Å². The number of aromatic nitrogens is 2. The lowest BCUT2D eigenvalue weighted by Crippen LogP contribution is -2.36. The van der Waals surface area contributed by atoms with Crippen molar-refractivity contribution in [2.45, 2.75) is 64.5 Å². The van der Waals surface area contributed by atoms with Crippen LogP contribution in [0.3, 0.4) is 0 Å². The fourth-order valence-corrected chi connectivity index (χ4v) is 4.87. The highest BCUT2D eigenvalue weighted by atomic mass is 15.5. The molecule has 0 atom stereocenters. The van der Waals surface area contributed by atoms with Gasteiger partial charge in [-0.15, -0.1) is 0 Å². The maximum Gasteiger partial charge on any atom is 0.178 e. The lowest BCUT2D eigenvalue weighted by atomic mass is 9.67. The van der Waals surface area contributed by atoms with Gasteiger partial charge in [0.25, 0.3) is 0 Å². The Kier molecular flexibility index (Phi) is 4.18. The molecule has 0 saturated carbocycles. The predicted molar refractivity (Wildman–Crippen MR) is 124 cm³/mol. The van der Waals surface area contributed by atoms with E-state index < -0.39 is 0 Å². The molecule has 2 aromatic carbocycles. The first-order valence-corrected chi connectivity index (χ1v) is 10.9. The van der Waals surface area contributed by atoms with Crippen molar-refractivity contribution in [3.8, 4) is 0 Å². The van der Waals surface area contributed by atoms with Crippen LogP contribution in [0.1, 0.15) is 58.8 Å². The third-order valence-corrected chi connectivity index (χ3v) is 6.79. The molecule has 0 N–H and O–H groups in total. The molecule has 2 aliphatic rings. The molecule has 0 saturated heterocycles. The Morgan fingerprint density at radius 3 is 1.40 bits per heavy atom. The molecule has 154 valence electrons. The first-order chi connectivity index (χ1) is 14.3. The zero-order chi connectivity index (χ0) is 21.1. The van der Waals surface area contributed by atoms with Crippen LogP contribution < -0.4 is 9.80 Å². The van der Waals surface area contributed by atoms with Gasteiger partial charge >= 0.3 is 0 Å². The summed E-state index contributed by atoms with van der Waals surface area (Å²) in [6.07, 6.45) is 2.34. The van der Waals surface area contributed by atoms with E-state index in [1.807, 2.05) is 0 Å². The Morgan fingerprint density at radius 1 is 0.667 bits per heavy atom. The molecule has 0 fully saturated rings. The third-order valence-electron chi connectivity index (χ3n) is 6.79. The highest BCUT2D eigenvalue weighted by Crippen LogP contribution is 2.50. The minimum atomic E-state index is 0.0264. The Morgan fingerprint density at radius 2 is 1.03 bits per heavy atom. The second-order valence-corrected chi connectivity index (χ2v) is 9.88. The average molecular weight is 399 g/mol. The average Bonchev–Trinajstić information content (AvgIpc) is 3.03. The van der Waals surface area contributed by atoms with Crippen molar-refractivity contribution in [2.24, 2.45) is 0 Å². The normalized spacial score (nSPS) is 19.5. The summed E-state index contributed by atoms with van der Waals surface area (Å²) in [5.41, 5.74) is 4.65. The van der Waals surface area contributed by atoms with E-state index in [2.05, 4.69) is 105 Å². The van der Waals surface area contributed by atoms with Gasteiger partial charge in [0.2, 0.25) is 0 Å². The first-order valence-electron chi connectivity index (χ1n) is 10.9. The van der Waals surface area contributed by atoms with Crippen LogP contribution in [0.25, 0.3) is 0 Å². The van der Waals surface area contributed by atoms with Crippen LogP contribution in [-0.2, 0) is 10.8 Å². The molecule has 5 rings (SSSR count). The molecule has 2 heterocycles. The van der Waals surface area contributed by atoms with E-state index in [4.69, 9.17) is 9.97 Å². The fraction of sp³-hybridized carbons (Fsp3) is 0.385. The predicted octanol–water partition coefficient (Wildman–Crippen LogP) is 6.46. The van der Waals surface area contributed by atoms with Gasteiger partial charge < -0.3 is 9.80 Å². The van der Waals surface area contributed by atoms with E-state index in [0.29, 0.717) is 0 Å². The minimum absolute atomic E-state index is 0.0264. The molecule has 30 heavy (non-hydrogen) atoms. The molecule has 0 bridgehead atoms. The Balaban J connectivity index is 1.78. The molecular formula is C26H30N4. The lowest BCUT2D eigenvalue weighted by Gasteiger charge is -2.40. The Hall–Kier alpha value is -2.88. The zero-order valence-corrected chi connectivity index (χ0v) is 18.6. The van der Waals surface area contributed by atoms with Crippen LogP contribution in [0.5, 0.6) is 0 Å². The van der Waals surface area contributed by atoms with Gasteiger partial charge in [-0.1, -0.05) is 64.1 Å². The summed E-state index contributed by atoms with van der Waals surface area (Å²) in [6.45, 7) is 11.5. The van der Waals surface area contributed by atoms with E-state index in [0.717, 1.165) is 47.2 Å². The fourth-order valence-electron chi connectivity index (χ4n) is 4.87. The van der Waals surface area contributed by atoms with Crippen molar-refractivity contribution in [2.75, 3.05) is 9.80 Å². The number of rotatable bonds is 2. The monoisotopic (exact) mass is 398 g/mol. The number of hydrogen-bond acceptors (Lipinski definition) is 4. The van der Waals surface area contributed by atoms with E-state index >= 15 is 0 Å². The standard InChI is InChI=1S/C26H30N4/c1-18-29(19-12-8-6-9-13-19)23-24(30(18)20-14-10-7-11-15-20)28-22-21(27-23)25(2,3)16-17-26(22,4)5/h6-15,18H,16-17H2,1-5H3. The van der Waals surface area contributed by atoms with Gasteiger partial charge in [-0.25, -0.2) is 9.97 Å². The van der Waals surface area contributed by atoms with Gasteiger partial charge in [-0.2, -0.15) is 0 Å². The molecule has 3 aromatic rings. The lowest BCUT2D eigenvalue weighted by molar-refractivity contribution is 0.315. The van der Waals surface area contributed by atoms with E-state index in [1.54, 1.807) is 0 Å². The van der Waals surface area contributed by atoms with Gasteiger partial charge in [0, 0.05) is 22.2 Å². The largest absolute Gasteiger partial charge is 0.302 e. The van der Waals surface area contributed by atoms with Crippen LogP contribution in [-0.4, -0.2) is 16.1 Å². The highest BCUT2D eigenvalue weighted by molar-refractivity contribution is 5.83. The SMILES string of the molecule is CC1N(c2ccccc2)c2nc3c(nc2N1c1ccccc1)C(C)(C)CCC3(C)C. The molecule has 0 spiro atoms. The van der Waals surface area contributed by atoms with Gasteiger partial charge in [0.15, 0.2) is 11.6 Å². The maximum atomic E-state index is 5.35. The molecule has 1 aliphatic carbocycles. The molecule has 4 nitrogen and oxygen atoms in total. The third kappa shape index (κ3) is 2.81. The first kappa shape index (κ1) is 19.1. The summed E-state index contributed by atoms with van der Waals surface area (Å²) in [6, 6.07) is 21.1. The van der Waals surface area contributed by atoms with Gasteiger partial charge in [-0.05, 0) is 44.0 Å². The number of nitrogens with zero attached hydrogens (tertiary/aromatic N) is 4. The van der Waals surface area contributed by atoms with Crippen molar-refractivity contribution in [3.63, 3.8) is 0 Å². The topological polar surface area (TPSA) is 32.3 Å². The van der Waals surface area contributed by atoms with Crippen LogP contribution in [0.15, 0.2) is 60.7 Å². The quantitative estimate of drug-likeness (QED) is 0.496. The van der Waals surface area contributed by atoms with Crippen molar-refractivity contribution < 1.29 is 0 Å². The molecule has 1 aliphatic heterocycles. The van der Waals surface area contributed by atoms with E-state index in [-0.39, 0.29) is 17.0 Å². The molecule has 0 amide bonds. The summed E-state index contributed by atoms with van der Waals surface area (Å²) >= 11 is 0. The van der Waals surface area contributed by atoms with Crippen molar-refractivity contribution >= 4 is 23.0 Å². The van der Waals surface area contributed by atoms with Gasteiger partial charge in [-0.3, -0.25) is 0 Å². The molecule has 0 radical (unpaired) electrons. The highest BCUT2D eigenvalue weighted by Gasteiger charge is 2.45.